The van der Waals surface area contributed by atoms with Crippen molar-refractivity contribution in [2.24, 2.45) is 0 Å². The van der Waals surface area contributed by atoms with Crippen LogP contribution in [0.1, 0.15) is 19.8 Å². The Morgan fingerprint density at radius 2 is 1.89 bits per heavy atom. The first-order valence-corrected chi connectivity index (χ1v) is 7.27. The molecule has 5 heteroatoms. The van der Waals surface area contributed by atoms with E-state index >= 15 is 0 Å². The largest absolute Gasteiger partial charge is 0.494 e. The van der Waals surface area contributed by atoms with Gasteiger partial charge in [-0.3, -0.25) is 0 Å². The van der Waals surface area contributed by atoms with Crippen LogP contribution in [0.5, 0.6) is 5.75 Å². The van der Waals surface area contributed by atoms with E-state index in [-0.39, 0.29) is 5.28 Å². The van der Waals surface area contributed by atoms with Crippen LogP contribution < -0.4 is 4.74 Å². The number of hydrogen-bond acceptors (Lipinski definition) is 3. The molecule has 0 fully saturated rings. The molecule has 0 aliphatic heterocycles. The zero-order valence-corrected chi connectivity index (χ0v) is 12.9. The van der Waals surface area contributed by atoms with Crippen LogP contribution in [-0.2, 0) is 0 Å². The highest BCUT2D eigenvalue weighted by molar-refractivity contribution is 9.10. The molecule has 2 aromatic rings. The number of halogens is 2. The van der Waals surface area contributed by atoms with Gasteiger partial charge in [0.15, 0.2) is 0 Å². The van der Waals surface area contributed by atoms with E-state index < -0.39 is 0 Å². The molecule has 0 atom stereocenters. The van der Waals surface area contributed by atoms with Crippen LogP contribution in [0.3, 0.4) is 0 Å². The molecule has 0 spiro atoms. The topological polar surface area (TPSA) is 35.0 Å². The van der Waals surface area contributed by atoms with Gasteiger partial charge in [0.1, 0.15) is 5.75 Å². The molecule has 19 heavy (non-hydrogen) atoms. The molecule has 3 nitrogen and oxygen atoms in total. The van der Waals surface area contributed by atoms with E-state index in [4.69, 9.17) is 16.3 Å². The molecule has 0 saturated heterocycles. The van der Waals surface area contributed by atoms with Gasteiger partial charge in [-0.1, -0.05) is 29.3 Å². The first kappa shape index (κ1) is 14.3. The first-order chi connectivity index (χ1) is 9.19. The van der Waals surface area contributed by atoms with Crippen LogP contribution in [0.4, 0.5) is 0 Å². The minimum absolute atomic E-state index is 0.248. The highest BCUT2D eigenvalue weighted by Crippen LogP contribution is 2.28. The number of unbranched alkanes of at least 4 members (excludes halogenated alkanes) is 1. The smallest absolute Gasteiger partial charge is 0.222 e. The van der Waals surface area contributed by atoms with Crippen molar-refractivity contribution in [3.05, 3.63) is 40.3 Å². The number of aromatic nitrogens is 2. The second kappa shape index (κ2) is 6.87. The van der Waals surface area contributed by atoms with Crippen molar-refractivity contribution in [3.8, 4) is 16.9 Å². The number of nitrogens with zero attached hydrogens (tertiary/aromatic N) is 2. The highest BCUT2D eigenvalue weighted by Gasteiger charge is 2.04. The molecule has 0 unspecified atom stereocenters. The van der Waals surface area contributed by atoms with E-state index in [2.05, 4.69) is 32.8 Å². The van der Waals surface area contributed by atoms with Crippen molar-refractivity contribution in [2.75, 3.05) is 6.61 Å². The third kappa shape index (κ3) is 4.18. The molecule has 1 heterocycles. The second-order valence-corrected chi connectivity index (χ2v) is 5.37. The minimum atomic E-state index is 0.248. The zero-order chi connectivity index (χ0) is 13.7. The van der Waals surface area contributed by atoms with Gasteiger partial charge in [-0.05, 0) is 41.8 Å². The molecule has 0 aliphatic carbocycles. The van der Waals surface area contributed by atoms with Gasteiger partial charge >= 0.3 is 0 Å². The SMILES string of the molecule is CCCCOc1cc(Br)cc(-c2cnc(Cl)nc2)c1. The normalized spacial score (nSPS) is 10.5. The van der Waals surface area contributed by atoms with Gasteiger partial charge in [0, 0.05) is 22.4 Å². The van der Waals surface area contributed by atoms with Crippen molar-refractivity contribution in [3.63, 3.8) is 0 Å². The Labute approximate surface area is 126 Å². The van der Waals surface area contributed by atoms with Crippen molar-refractivity contribution >= 4 is 27.5 Å². The lowest BCUT2D eigenvalue weighted by atomic mass is 10.1. The molecule has 0 aliphatic rings. The predicted octanol–water partition coefficient (Wildman–Crippen LogP) is 4.74. The Morgan fingerprint density at radius 3 is 2.58 bits per heavy atom. The molecule has 2 rings (SSSR count). The number of benzene rings is 1. The minimum Gasteiger partial charge on any atom is -0.494 e. The Balaban J connectivity index is 2.23. The van der Waals surface area contributed by atoms with Crippen molar-refractivity contribution in [1.29, 1.82) is 0 Å². The maximum atomic E-state index is 5.72. The van der Waals surface area contributed by atoms with Gasteiger partial charge in [0.25, 0.3) is 0 Å². The summed E-state index contributed by atoms with van der Waals surface area (Å²) in [5.74, 6) is 0.841. The lowest BCUT2D eigenvalue weighted by Gasteiger charge is -2.08. The highest BCUT2D eigenvalue weighted by atomic mass is 79.9. The summed E-state index contributed by atoms with van der Waals surface area (Å²) in [6, 6.07) is 5.93. The Morgan fingerprint density at radius 1 is 1.16 bits per heavy atom. The van der Waals surface area contributed by atoms with Crippen LogP contribution in [0, 0.1) is 0 Å². The van der Waals surface area contributed by atoms with E-state index in [1.807, 2.05) is 18.2 Å². The Hall–Kier alpha value is -1.13. The van der Waals surface area contributed by atoms with Crippen molar-refractivity contribution < 1.29 is 4.74 Å². The van der Waals surface area contributed by atoms with Crippen LogP contribution >= 0.6 is 27.5 Å². The van der Waals surface area contributed by atoms with Gasteiger partial charge in [0.05, 0.1) is 6.61 Å². The number of hydrogen-bond donors (Lipinski definition) is 0. The van der Waals surface area contributed by atoms with Gasteiger partial charge < -0.3 is 4.74 Å². The molecular weight excluding hydrogens is 328 g/mol. The molecular formula is C14H14BrClN2O. The summed E-state index contributed by atoms with van der Waals surface area (Å²) in [5, 5.41) is 0.248. The van der Waals surface area contributed by atoms with E-state index in [0.29, 0.717) is 0 Å². The van der Waals surface area contributed by atoms with Gasteiger partial charge in [-0.2, -0.15) is 0 Å². The van der Waals surface area contributed by atoms with Crippen molar-refractivity contribution in [1.82, 2.24) is 9.97 Å². The first-order valence-electron chi connectivity index (χ1n) is 6.10. The average Bonchev–Trinajstić information content (AvgIpc) is 2.39. The van der Waals surface area contributed by atoms with Crippen molar-refractivity contribution in [2.45, 2.75) is 19.8 Å². The monoisotopic (exact) mass is 340 g/mol. The maximum absolute atomic E-state index is 5.72. The van der Waals surface area contributed by atoms with Crippen LogP contribution in [0.2, 0.25) is 5.28 Å². The number of ether oxygens (including phenoxy) is 1. The van der Waals surface area contributed by atoms with Crippen LogP contribution in [-0.4, -0.2) is 16.6 Å². The maximum Gasteiger partial charge on any atom is 0.222 e. The summed E-state index contributed by atoms with van der Waals surface area (Å²) in [5.41, 5.74) is 1.91. The van der Waals surface area contributed by atoms with Gasteiger partial charge in [0.2, 0.25) is 5.28 Å². The van der Waals surface area contributed by atoms with Crippen LogP contribution in [0.25, 0.3) is 11.1 Å². The van der Waals surface area contributed by atoms with Gasteiger partial charge in [-0.15, -0.1) is 0 Å². The third-order valence-corrected chi connectivity index (χ3v) is 3.24. The molecule has 100 valence electrons. The van der Waals surface area contributed by atoms with Crippen LogP contribution in [0.15, 0.2) is 35.1 Å². The molecule has 0 radical (unpaired) electrons. The average molecular weight is 342 g/mol. The summed E-state index contributed by atoms with van der Waals surface area (Å²) in [6.45, 7) is 2.87. The Kier molecular flexibility index (Phi) is 5.16. The molecule has 1 aromatic carbocycles. The van der Waals surface area contributed by atoms with E-state index in [0.717, 1.165) is 40.8 Å². The second-order valence-electron chi connectivity index (χ2n) is 4.12. The third-order valence-electron chi connectivity index (χ3n) is 2.59. The summed E-state index contributed by atoms with van der Waals surface area (Å²) in [7, 11) is 0. The molecule has 0 N–H and O–H groups in total. The molecule has 0 bridgehead atoms. The summed E-state index contributed by atoms with van der Waals surface area (Å²) in [4.78, 5) is 7.98. The summed E-state index contributed by atoms with van der Waals surface area (Å²) in [6.07, 6.45) is 5.57. The number of rotatable bonds is 5. The fourth-order valence-corrected chi connectivity index (χ4v) is 2.18. The van der Waals surface area contributed by atoms with Gasteiger partial charge in [-0.25, -0.2) is 9.97 Å². The Bertz CT molecular complexity index is 546. The quantitative estimate of drug-likeness (QED) is 0.582. The lowest BCUT2D eigenvalue weighted by Crippen LogP contribution is -1.96. The zero-order valence-electron chi connectivity index (χ0n) is 10.6. The van der Waals surface area contributed by atoms with E-state index in [1.165, 1.54) is 0 Å². The standard InChI is InChI=1S/C14H14BrClN2O/c1-2-3-4-19-13-6-10(5-12(15)7-13)11-8-17-14(16)18-9-11/h5-9H,2-4H2,1H3. The fraction of sp³-hybridized carbons (Fsp3) is 0.286. The molecule has 1 aromatic heterocycles. The summed E-state index contributed by atoms with van der Waals surface area (Å²) >= 11 is 9.18. The fourth-order valence-electron chi connectivity index (χ4n) is 1.61. The van der Waals surface area contributed by atoms with E-state index in [1.54, 1.807) is 12.4 Å². The molecule has 0 saturated carbocycles. The van der Waals surface area contributed by atoms with E-state index in [9.17, 15) is 0 Å². The predicted molar refractivity (Wildman–Crippen MR) is 80.6 cm³/mol. The summed E-state index contributed by atoms with van der Waals surface area (Å²) < 4.78 is 6.68. The lowest BCUT2D eigenvalue weighted by molar-refractivity contribution is 0.309. The molecule has 0 amide bonds.